The van der Waals surface area contributed by atoms with Crippen LogP contribution >= 0.6 is 73.4 Å². The van der Waals surface area contributed by atoms with E-state index in [0.29, 0.717) is 20.1 Å². The SMILES string of the molecule is C[Si](C)(Cl)c1ccccc1.C[Si](C)(c1ccccc1)c1cccc(Cl)c1Cl.Clc1cccc(Br)c1Cl. The Morgan fingerprint density at radius 1 is 0.528 bits per heavy atom. The summed E-state index contributed by atoms with van der Waals surface area (Å²) in [6, 6.07) is 32.1. The lowest BCUT2D eigenvalue weighted by Crippen LogP contribution is -2.53. The van der Waals surface area contributed by atoms with Crippen LogP contribution in [-0.4, -0.2) is 15.5 Å². The molecule has 0 spiro atoms. The average molecular weight is 678 g/mol. The van der Waals surface area contributed by atoms with Gasteiger partial charge in [-0.15, -0.1) is 0 Å². The van der Waals surface area contributed by atoms with Gasteiger partial charge in [-0.1, -0.05) is 157 Å². The molecule has 0 saturated heterocycles. The van der Waals surface area contributed by atoms with Crippen LogP contribution < -0.4 is 15.6 Å². The standard InChI is InChI=1S/C14H14Cl2Si.C8H11ClSi.C6H3BrCl2/c1-17(2,11-7-4-3-5-8-11)13-10-6-9-12(15)14(13)16;1-10(2,9)8-6-4-3-5-7-8;7-4-2-1-3-5(8)6(4)9/h3-10H,1-2H3;3-7H,1-2H3;1-3H. The summed E-state index contributed by atoms with van der Waals surface area (Å²) in [5.41, 5.74) is 0. The number of benzene rings is 4. The lowest BCUT2D eigenvalue weighted by atomic mass is 10.3. The van der Waals surface area contributed by atoms with E-state index in [-0.39, 0.29) is 0 Å². The first kappa shape index (κ1) is 31.5. The van der Waals surface area contributed by atoms with Crippen molar-refractivity contribution >= 4 is 104 Å². The van der Waals surface area contributed by atoms with Crippen LogP contribution in [0.15, 0.2) is 102 Å². The topological polar surface area (TPSA) is 0 Å². The number of rotatable bonds is 3. The first-order chi connectivity index (χ1) is 16.9. The summed E-state index contributed by atoms with van der Waals surface area (Å²) in [4.78, 5) is 0. The van der Waals surface area contributed by atoms with Gasteiger partial charge in [0.25, 0.3) is 0 Å². The molecule has 0 amide bonds. The zero-order valence-electron chi connectivity index (χ0n) is 20.5. The van der Waals surface area contributed by atoms with Gasteiger partial charge in [-0.25, -0.2) is 0 Å². The molecular weight excluding hydrogens is 650 g/mol. The van der Waals surface area contributed by atoms with Crippen molar-refractivity contribution in [2.75, 3.05) is 0 Å². The molecule has 0 nitrogen and oxygen atoms in total. The highest BCUT2D eigenvalue weighted by atomic mass is 79.9. The van der Waals surface area contributed by atoms with E-state index in [4.69, 9.17) is 57.5 Å². The Morgan fingerprint density at radius 2 is 0.972 bits per heavy atom. The van der Waals surface area contributed by atoms with Crippen molar-refractivity contribution in [3.63, 3.8) is 0 Å². The van der Waals surface area contributed by atoms with E-state index in [1.165, 1.54) is 15.6 Å². The quantitative estimate of drug-likeness (QED) is 0.115. The molecule has 4 rings (SSSR count). The van der Waals surface area contributed by atoms with E-state index >= 15 is 0 Å². The van der Waals surface area contributed by atoms with Crippen molar-refractivity contribution in [1.82, 2.24) is 0 Å². The normalized spacial score (nSPS) is 11.1. The third kappa shape index (κ3) is 9.21. The fraction of sp³-hybridized carbons (Fsp3) is 0.143. The molecule has 0 atom stereocenters. The van der Waals surface area contributed by atoms with Crippen molar-refractivity contribution in [1.29, 1.82) is 0 Å². The number of hydrogen-bond acceptors (Lipinski definition) is 0. The molecule has 4 aromatic carbocycles. The van der Waals surface area contributed by atoms with Gasteiger partial charge in [0.05, 0.1) is 20.1 Å². The molecule has 8 heteroatoms. The monoisotopic (exact) mass is 674 g/mol. The van der Waals surface area contributed by atoms with E-state index in [9.17, 15) is 0 Å². The Balaban J connectivity index is 0.000000205. The predicted octanol–water partition coefficient (Wildman–Crippen LogP) is 9.91. The lowest BCUT2D eigenvalue weighted by molar-refractivity contribution is 1.65. The van der Waals surface area contributed by atoms with Crippen LogP contribution in [0.1, 0.15) is 0 Å². The summed E-state index contributed by atoms with van der Waals surface area (Å²) in [7, 11) is -3.31. The van der Waals surface area contributed by atoms with Gasteiger partial charge in [-0.2, -0.15) is 11.1 Å². The maximum atomic E-state index is 6.33. The van der Waals surface area contributed by atoms with Crippen LogP contribution in [0, 0.1) is 0 Å². The van der Waals surface area contributed by atoms with E-state index in [1.807, 2.05) is 48.5 Å². The largest absolute Gasteiger partial charge is 0.180 e. The Morgan fingerprint density at radius 3 is 1.39 bits per heavy atom. The summed E-state index contributed by atoms with van der Waals surface area (Å²) in [5.74, 6) is 0. The Bertz CT molecular complexity index is 1220. The highest BCUT2D eigenvalue weighted by Gasteiger charge is 2.28. The molecule has 0 radical (unpaired) electrons. The molecule has 0 heterocycles. The van der Waals surface area contributed by atoms with Crippen LogP contribution in [0.2, 0.25) is 46.3 Å². The van der Waals surface area contributed by atoms with Gasteiger partial charge in [-0.05, 0) is 44.5 Å². The smallest absolute Gasteiger partial charge is 0.162 e. The third-order valence-electron chi connectivity index (χ3n) is 5.49. The molecule has 36 heavy (non-hydrogen) atoms. The molecule has 4 aromatic rings. The second kappa shape index (κ2) is 14.4. The average Bonchev–Trinajstić information content (AvgIpc) is 2.85. The summed E-state index contributed by atoms with van der Waals surface area (Å²) >= 11 is 33.2. The fourth-order valence-corrected chi connectivity index (χ4v) is 9.07. The third-order valence-corrected chi connectivity index (χ3v) is 14.1. The van der Waals surface area contributed by atoms with Crippen molar-refractivity contribution in [3.8, 4) is 0 Å². The Kier molecular flexibility index (Phi) is 12.6. The van der Waals surface area contributed by atoms with Crippen molar-refractivity contribution in [3.05, 3.63) is 122 Å². The van der Waals surface area contributed by atoms with Gasteiger partial charge in [0, 0.05) is 4.47 Å². The second-order valence-electron chi connectivity index (χ2n) is 8.97. The van der Waals surface area contributed by atoms with Gasteiger partial charge in [-0.3, -0.25) is 0 Å². The Labute approximate surface area is 250 Å². The molecule has 0 aromatic heterocycles. The van der Waals surface area contributed by atoms with Gasteiger partial charge in [0.2, 0.25) is 0 Å². The highest BCUT2D eigenvalue weighted by Crippen LogP contribution is 2.29. The van der Waals surface area contributed by atoms with Crippen LogP contribution in [-0.2, 0) is 0 Å². The molecule has 0 saturated carbocycles. The van der Waals surface area contributed by atoms with Gasteiger partial charge in [0.1, 0.15) is 8.07 Å². The second-order valence-corrected chi connectivity index (χ2v) is 22.1. The van der Waals surface area contributed by atoms with E-state index in [1.54, 1.807) is 6.07 Å². The molecule has 0 unspecified atom stereocenters. The predicted molar refractivity (Wildman–Crippen MR) is 173 cm³/mol. The van der Waals surface area contributed by atoms with E-state index < -0.39 is 15.5 Å². The zero-order valence-corrected chi connectivity index (χ0v) is 27.9. The van der Waals surface area contributed by atoms with Crippen molar-refractivity contribution in [2.45, 2.75) is 26.2 Å². The maximum absolute atomic E-state index is 6.33. The van der Waals surface area contributed by atoms with Crippen LogP contribution in [0.25, 0.3) is 0 Å². The summed E-state index contributed by atoms with van der Waals surface area (Å²) in [5, 5.41) is 6.35. The van der Waals surface area contributed by atoms with Gasteiger partial charge >= 0.3 is 0 Å². The van der Waals surface area contributed by atoms with E-state index in [0.717, 1.165) is 4.47 Å². The molecule has 0 aliphatic carbocycles. The van der Waals surface area contributed by atoms with Crippen molar-refractivity contribution < 1.29 is 0 Å². The first-order valence-electron chi connectivity index (χ1n) is 11.2. The molecule has 0 aliphatic heterocycles. The minimum Gasteiger partial charge on any atom is -0.162 e. The van der Waals surface area contributed by atoms with Crippen molar-refractivity contribution in [2.24, 2.45) is 0 Å². The summed E-state index contributed by atoms with van der Waals surface area (Å²) in [6.45, 7) is 8.84. The Hall–Kier alpha value is -0.756. The molecule has 0 bridgehead atoms. The fourth-order valence-electron chi connectivity index (χ4n) is 3.31. The number of hydrogen-bond donors (Lipinski definition) is 0. The molecule has 0 aliphatic rings. The molecule has 0 fully saturated rings. The van der Waals surface area contributed by atoms with E-state index in [2.05, 4.69) is 84.6 Å². The van der Waals surface area contributed by atoms with Crippen LogP contribution in [0.3, 0.4) is 0 Å². The van der Waals surface area contributed by atoms with Crippen LogP contribution in [0.4, 0.5) is 0 Å². The molecule has 0 N–H and O–H groups in total. The van der Waals surface area contributed by atoms with Gasteiger partial charge in [0.15, 0.2) is 7.38 Å². The highest BCUT2D eigenvalue weighted by molar-refractivity contribution is 9.10. The zero-order chi connectivity index (χ0) is 26.9. The summed E-state index contributed by atoms with van der Waals surface area (Å²) in [6.07, 6.45) is 0. The minimum atomic E-state index is -1.75. The number of halogens is 6. The van der Waals surface area contributed by atoms with Crippen LogP contribution in [0.5, 0.6) is 0 Å². The first-order valence-corrected chi connectivity index (χ1v) is 20.5. The lowest BCUT2D eigenvalue weighted by Gasteiger charge is -2.25. The maximum Gasteiger partial charge on any atom is 0.180 e. The minimum absolute atomic E-state index is 0.569. The van der Waals surface area contributed by atoms with Gasteiger partial charge < -0.3 is 0 Å². The molecule has 190 valence electrons. The molecular formula is C28H28BrCl5Si2. The summed E-state index contributed by atoms with van der Waals surface area (Å²) < 4.78 is 0.830.